The van der Waals surface area contributed by atoms with Crippen LogP contribution in [0.5, 0.6) is 0 Å². The van der Waals surface area contributed by atoms with E-state index in [1.807, 2.05) is 24.4 Å². The Morgan fingerprint density at radius 1 is 0.667 bits per heavy atom. The molecule has 2 heterocycles. The summed E-state index contributed by atoms with van der Waals surface area (Å²) < 4.78 is 6.62. The van der Waals surface area contributed by atoms with E-state index in [0.717, 1.165) is 38.8 Å². The van der Waals surface area contributed by atoms with Crippen LogP contribution in [0.3, 0.4) is 0 Å². The quantitative estimate of drug-likeness (QED) is 0.279. The van der Waals surface area contributed by atoms with Crippen LogP contribution in [0.4, 0.5) is 0 Å². The van der Waals surface area contributed by atoms with Crippen LogP contribution in [0, 0.1) is 0 Å². The number of hydrogen-bond donors (Lipinski definition) is 0. The first-order valence-corrected chi connectivity index (χ1v) is 11.9. The summed E-state index contributed by atoms with van der Waals surface area (Å²) in [5.74, 6) is 0. The highest BCUT2D eigenvalue weighted by Crippen LogP contribution is 2.47. The molecule has 2 heteroatoms. The van der Waals surface area contributed by atoms with Crippen LogP contribution in [0.1, 0.15) is 51.7 Å². The molecule has 0 atom stereocenters. The predicted molar refractivity (Wildman–Crippen MR) is 138 cm³/mol. The predicted octanol–water partition coefficient (Wildman–Crippen LogP) is 8.66. The first kappa shape index (κ1) is 20.2. The molecule has 6 rings (SSSR count). The summed E-state index contributed by atoms with van der Waals surface area (Å²) >= 11 is 0. The fraction of sp³-hybridized carbons (Fsp3) is 0.258. The molecule has 0 radical (unpaired) electrons. The van der Waals surface area contributed by atoms with Gasteiger partial charge in [-0.1, -0.05) is 82.3 Å². The lowest BCUT2D eigenvalue weighted by molar-refractivity contribution is 0.332. The van der Waals surface area contributed by atoms with Crippen LogP contribution < -0.4 is 0 Å². The second-order valence-electron chi connectivity index (χ2n) is 10.7. The fourth-order valence-electron chi connectivity index (χ4n) is 5.53. The number of hydrogen-bond acceptors (Lipinski definition) is 2. The molecule has 0 aliphatic heterocycles. The molecule has 164 valence electrons. The molecule has 1 aliphatic rings. The highest BCUT2D eigenvalue weighted by Gasteiger charge is 2.37. The van der Waals surface area contributed by atoms with E-state index in [1.165, 1.54) is 29.5 Å². The zero-order valence-corrected chi connectivity index (χ0v) is 19.8. The van der Waals surface area contributed by atoms with Crippen molar-refractivity contribution < 1.29 is 4.42 Å². The number of para-hydroxylation sites is 2. The van der Waals surface area contributed by atoms with E-state index >= 15 is 0 Å². The van der Waals surface area contributed by atoms with Gasteiger partial charge in [0, 0.05) is 28.1 Å². The van der Waals surface area contributed by atoms with Crippen molar-refractivity contribution in [2.45, 2.75) is 51.4 Å². The first-order valence-electron chi connectivity index (χ1n) is 11.9. The van der Waals surface area contributed by atoms with E-state index in [0.29, 0.717) is 0 Å². The molecule has 1 aliphatic carbocycles. The van der Waals surface area contributed by atoms with Crippen LogP contribution in [-0.2, 0) is 10.8 Å². The van der Waals surface area contributed by atoms with Crippen molar-refractivity contribution in [1.82, 2.24) is 4.98 Å². The minimum Gasteiger partial charge on any atom is -0.455 e. The van der Waals surface area contributed by atoms with Gasteiger partial charge in [0.05, 0.1) is 5.69 Å². The van der Waals surface area contributed by atoms with Gasteiger partial charge in [0.1, 0.15) is 11.2 Å². The minimum atomic E-state index is 0.175. The van der Waals surface area contributed by atoms with Crippen LogP contribution >= 0.6 is 0 Å². The summed E-state index contributed by atoms with van der Waals surface area (Å²) in [5, 5.41) is 2.28. The molecule has 3 aromatic carbocycles. The van der Waals surface area contributed by atoms with Gasteiger partial charge in [-0.05, 0) is 58.6 Å². The summed E-state index contributed by atoms with van der Waals surface area (Å²) in [4.78, 5) is 4.57. The summed E-state index contributed by atoms with van der Waals surface area (Å²) in [6.45, 7) is 9.51. The van der Waals surface area contributed by atoms with Crippen LogP contribution in [-0.4, -0.2) is 4.98 Å². The molecule has 33 heavy (non-hydrogen) atoms. The summed E-state index contributed by atoms with van der Waals surface area (Å²) in [6, 6.07) is 25.9. The number of fused-ring (bicyclic) bond motifs is 4. The monoisotopic (exact) mass is 431 g/mol. The van der Waals surface area contributed by atoms with Gasteiger partial charge in [-0.25, -0.2) is 0 Å². The Bertz CT molecular complexity index is 1500. The first-order chi connectivity index (χ1) is 15.9. The van der Waals surface area contributed by atoms with E-state index < -0.39 is 0 Å². The van der Waals surface area contributed by atoms with Gasteiger partial charge in [0.25, 0.3) is 0 Å². The third-order valence-corrected chi connectivity index (χ3v) is 7.63. The molecule has 0 saturated carbocycles. The maximum absolute atomic E-state index is 6.62. The number of benzene rings is 3. The zero-order valence-electron chi connectivity index (χ0n) is 19.8. The summed E-state index contributed by atoms with van der Waals surface area (Å²) in [6.07, 6.45) is 4.26. The maximum Gasteiger partial charge on any atom is 0.144 e. The number of pyridine rings is 1. The normalized spacial score (nSPS) is 16.7. The van der Waals surface area contributed by atoms with Crippen molar-refractivity contribution in [1.29, 1.82) is 0 Å². The molecular weight excluding hydrogens is 402 g/mol. The van der Waals surface area contributed by atoms with Crippen LogP contribution in [0.25, 0.3) is 44.3 Å². The van der Waals surface area contributed by atoms with E-state index in [4.69, 9.17) is 4.42 Å². The summed E-state index contributed by atoms with van der Waals surface area (Å²) in [5.41, 5.74) is 9.53. The Morgan fingerprint density at radius 2 is 1.33 bits per heavy atom. The third kappa shape index (κ3) is 3.12. The molecule has 0 fully saturated rings. The molecule has 0 unspecified atom stereocenters. The lowest BCUT2D eigenvalue weighted by Crippen LogP contribution is -2.33. The van der Waals surface area contributed by atoms with Gasteiger partial charge in [-0.3, -0.25) is 4.98 Å². The van der Waals surface area contributed by atoms with Gasteiger partial charge in [-0.15, -0.1) is 0 Å². The SMILES string of the molecule is CC1(C)CCC(C)(C)c2cc(-c3cccc4c3oc3c(-c5ccccn5)cccc34)ccc21. The van der Waals surface area contributed by atoms with Crippen molar-refractivity contribution in [2.75, 3.05) is 0 Å². The molecule has 0 amide bonds. The van der Waals surface area contributed by atoms with Crippen LogP contribution in [0.15, 0.2) is 83.4 Å². The molecular formula is C31H29NO. The Hall–Kier alpha value is -3.39. The molecule has 0 N–H and O–H groups in total. The van der Waals surface area contributed by atoms with E-state index in [2.05, 4.69) is 87.3 Å². The Balaban J connectivity index is 1.59. The van der Waals surface area contributed by atoms with Gasteiger partial charge < -0.3 is 4.42 Å². The van der Waals surface area contributed by atoms with Crippen molar-refractivity contribution >= 4 is 21.9 Å². The van der Waals surface area contributed by atoms with E-state index in [-0.39, 0.29) is 10.8 Å². The maximum atomic E-state index is 6.62. The molecule has 0 spiro atoms. The largest absolute Gasteiger partial charge is 0.455 e. The number of rotatable bonds is 2. The van der Waals surface area contributed by atoms with Gasteiger partial charge in [0.2, 0.25) is 0 Å². The Labute approximate surface area is 195 Å². The van der Waals surface area contributed by atoms with E-state index in [1.54, 1.807) is 0 Å². The van der Waals surface area contributed by atoms with Gasteiger partial charge in [0.15, 0.2) is 0 Å². The molecule has 0 bridgehead atoms. The highest BCUT2D eigenvalue weighted by atomic mass is 16.3. The number of aromatic nitrogens is 1. The Morgan fingerprint density at radius 3 is 2.03 bits per heavy atom. The Kier molecular flexibility index (Phi) is 4.32. The lowest BCUT2D eigenvalue weighted by Gasteiger charge is -2.42. The molecule has 2 aromatic heterocycles. The van der Waals surface area contributed by atoms with E-state index in [9.17, 15) is 0 Å². The molecule has 2 nitrogen and oxygen atoms in total. The topological polar surface area (TPSA) is 26.0 Å². The van der Waals surface area contributed by atoms with Crippen molar-refractivity contribution in [3.8, 4) is 22.4 Å². The van der Waals surface area contributed by atoms with Gasteiger partial charge in [-0.2, -0.15) is 0 Å². The van der Waals surface area contributed by atoms with Crippen molar-refractivity contribution in [2.24, 2.45) is 0 Å². The fourth-order valence-corrected chi connectivity index (χ4v) is 5.53. The average Bonchev–Trinajstić information content (AvgIpc) is 3.21. The lowest BCUT2D eigenvalue weighted by atomic mass is 9.63. The summed E-state index contributed by atoms with van der Waals surface area (Å²) in [7, 11) is 0. The second kappa shape index (κ2) is 7.05. The van der Waals surface area contributed by atoms with Crippen LogP contribution in [0.2, 0.25) is 0 Å². The highest BCUT2D eigenvalue weighted by molar-refractivity contribution is 6.12. The third-order valence-electron chi connectivity index (χ3n) is 7.63. The molecule has 0 saturated heterocycles. The number of nitrogens with zero attached hydrogens (tertiary/aromatic N) is 1. The smallest absolute Gasteiger partial charge is 0.144 e. The number of furan rings is 1. The standard InChI is InChI=1S/C31H29NO/c1-30(2)16-17-31(3,4)26-19-20(14-15-25(26)30)21-9-7-10-22-23-11-8-12-24(29(23)33-28(21)22)27-13-5-6-18-32-27/h5-15,18-19H,16-17H2,1-4H3. The average molecular weight is 432 g/mol. The van der Waals surface area contributed by atoms with Crippen molar-refractivity contribution in [3.05, 3.63) is 90.1 Å². The molecule has 5 aromatic rings. The minimum absolute atomic E-state index is 0.175. The second-order valence-corrected chi connectivity index (χ2v) is 10.7. The van der Waals surface area contributed by atoms with Crippen molar-refractivity contribution in [3.63, 3.8) is 0 Å². The van der Waals surface area contributed by atoms with Gasteiger partial charge >= 0.3 is 0 Å². The zero-order chi connectivity index (χ0) is 22.8.